The number of hydrogen-bond acceptors (Lipinski definition) is 5. The number of hydrogen-bond donors (Lipinski definition) is 3. The van der Waals surface area contributed by atoms with Gasteiger partial charge >= 0.3 is 192 Å². The van der Waals surface area contributed by atoms with E-state index in [4.69, 9.17) is 13.2 Å². The molecule has 0 saturated carbocycles. The van der Waals surface area contributed by atoms with E-state index in [2.05, 4.69) is 86.4 Å². The van der Waals surface area contributed by atoms with Gasteiger partial charge in [-0.1, -0.05) is 0 Å². The first-order valence-electron chi connectivity index (χ1n) is 11.0. The minimum absolute atomic E-state index is 0.0292. The Labute approximate surface area is 192 Å². The molecule has 2 aliphatic heterocycles. The van der Waals surface area contributed by atoms with Crippen LogP contribution >= 0.6 is 0 Å². The number of anilines is 3. The molecule has 0 aliphatic carbocycles. The zero-order chi connectivity index (χ0) is 23.0. The third-order valence-corrected chi connectivity index (χ3v) is 13.8. The van der Waals surface area contributed by atoms with Crippen molar-refractivity contribution >= 4 is 35.0 Å². The van der Waals surface area contributed by atoms with Gasteiger partial charge in [0, 0.05) is 0 Å². The maximum atomic E-state index is 6.84. The van der Waals surface area contributed by atoms with E-state index in [-0.39, 0.29) is 10.8 Å². The summed E-state index contributed by atoms with van der Waals surface area (Å²) in [7, 11) is 0. The first-order chi connectivity index (χ1) is 14.9. The fourth-order valence-electron chi connectivity index (χ4n) is 4.26. The van der Waals surface area contributed by atoms with Crippen molar-refractivity contribution < 1.29 is 7.45 Å². The van der Waals surface area contributed by atoms with Gasteiger partial charge in [0.15, 0.2) is 0 Å². The molecule has 3 aromatic carbocycles. The molecule has 0 bridgehead atoms. The molecule has 2 aliphatic rings. The molecule has 0 radical (unpaired) electrons. The fraction of sp³-hybridized carbons (Fsp3) is 0.308. The Morgan fingerprint density at radius 3 is 1.50 bits per heavy atom. The summed E-state index contributed by atoms with van der Waals surface area (Å²) in [5.74, 6) is 1.61. The van der Waals surface area contributed by atoms with Crippen LogP contribution < -0.4 is 26.0 Å². The molecule has 5 rings (SSSR count). The molecule has 0 atom stereocenters. The molecule has 5 nitrogen and oxygen atoms in total. The van der Waals surface area contributed by atoms with E-state index in [1.54, 1.807) is 0 Å². The van der Waals surface area contributed by atoms with Gasteiger partial charge in [-0.25, -0.2) is 0 Å². The number of nitrogens with one attached hydrogen (secondary N) is 2. The van der Waals surface area contributed by atoms with Gasteiger partial charge in [-0.2, -0.15) is 0 Å². The molecule has 6 heteroatoms. The van der Waals surface area contributed by atoms with Gasteiger partial charge in [0.1, 0.15) is 0 Å². The van der Waals surface area contributed by atoms with Gasteiger partial charge in [0.25, 0.3) is 0 Å². The van der Waals surface area contributed by atoms with Gasteiger partial charge in [-0.05, 0) is 0 Å². The van der Waals surface area contributed by atoms with Crippen molar-refractivity contribution in [1.82, 2.24) is 0 Å². The summed E-state index contributed by atoms with van der Waals surface area (Å²) < 4.78 is 22.2. The monoisotopic (exact) mass is 493 g/mol. The Balaban J connectivity index is 1.67. The first kappa shape index (κ1) is 21.1. The average Bonchev–Trinajstić information content (AvgIpc) is 3.20. The van der Waals surface area contributed by atoms with E-state index in [9.17, 15) is 0 Å². The van der Waals surface area contributed by atoms with Crippen LogP contribution in [0.2, 0.25) is 0 Å². The van der Waals surface area contributed by atoms with Crippen LogP contribution in [0, 0.1) is 0 Å². The second kappa shape index (κ2) is 6.39. The minimum atomic E-state index is -4.47. The third kappa shape index (κ3) is 3.14. The van der Waals surface area contributed by atoms with E-state index in [0.717, 1.165) is 27.2 Å². The van der Waals surface area contributed by atoms with Gasteiger partial charge < -0.3 is 0 Å². The van der Waals surface area contributed by atoms with Gasteiger partial charge in [0.05, 0.1) is 0 Å². The standard InChI is InChI=1S/C26H32AsN3O2/c1-25(2,3)17-7-13-23-21(15-17)29-27(31-23,19-9-11-20(28)12-10-19)30-22-16-18(26(4,5)6)8-14-24(22)32-27/h7-16,29-30H,28H2,1-6H3. The summed E-state index contributed by atoms with van der Waals surface area (Å²) >= 11 is -4.47. The van der Waals surface area contributed by atoms with Crippen molar-refractivity contribution in [2.75, 3.05) is 14.2 Å². The summed E-state index contributed by atoms with van der Waals surface area (Å²) in [6, 6.07) is 20.6. The molecule has 0 saturated heterocycles. The van der Waals surface area contributed by atoms with Crippen LogP contribution in [-0.2, 0) is 10.8 Å². The Morgan fingerprint density at radius 2 is 1.09 bits per heavy atom. The molecule has 0 amide bonds. The van der Waals surface area contributed by atoms with Gasteiger partial charge in [-0.15, -0.1) is 0 Å². The molecule has 0 aromatic heterocycles. The molecular weight excluding hydrogens is 461 g/mol. The summed E-state index contributed by atoms with van der Waals surface area (Å²) in [4.78, 5) is 0. The number of nitrogens with two attached hydrogens (primary N) is 1. The summed E-state index contributed by atoms with van der Waals surface area (Å²) in [6.07, 6.45) is 0. The van der Waals surface area contributed by atoms with Crippen molar-refractivity contribution in [3.8, 4) is 11.5 Å². The topological polar surface area (TPSA) is 68.5 Å². The predicted molar refractivity (Wildman–Crippen MR) is 135 cm³/mol. The van der Waals surface area contributed by atoms with Gasteiger partial charge in [0.2, 0.25) is 0 Å². The molecule has 2 heterocycles. The van der Waals surface area contributed by atoms with Crippen molar-refractivity contribution in [2.24, 2.45) is 0 Å². The van der Waals surface area contributed by atoms with Crippen molar-refractivity contribution in [3.63, 3.8) is 0 Å². The van der Waals surface area contributed by atoms with Crippen LogP contribution in [0.5, 0.6) is 11.5 Å². The molecule has 0 fully saturated rings. The molecule has 4 N–H and O–H groups in total. The van der Waals surface area contributed by atoms with Crippen molar-refractivity contribution in [3.05, 3.63) is 71.8 Å². The second-order valence-corrected chi connectivity index (χ2v) is 17.7. The summed E-state index contributed by atoms with van der Waals surface area (Å²) in [5, 5.41) is 0. The first-order valence-corrected chi connectivity index (χ1v) is 15.4. The van der Waals surface area contributed by atoms with E-state index in [1.165, 1.54) is 11.1 Å². The summed E-state index contributed by atoms with van der Waals surface area (Å²) in [6.45, 7) is 13.3. The number of fused-ring (bicyclic) bond motifs is 2. The SMILES string of the molecule is CC(C)(C)c1ccc2c(c1)N[As]1(c3ccc(N)cc3)(Nc3cc(C(C)(C)C)ccc3O1)O2. The van der Waals surface area contributed by atoms with E-state index >= 15 is 0 Å². The Morgan fingerprint density at radius 1 is 0.656 bits per heavy atom. The van der Waals surface area contributed by atoms with Crippen LogP contribution in [-0.4, -0.2) is 13.6 Å². The van der Waals surface area contributed by atoms with Crippen LogP contribution in [0.3, 0.4) is 0 Å². The molecule has 0 unspecified atom stereocenters. The van der Waals surface area contributed by atoms with E-state index < -0.39 is 13.6 Å². The fourth-order valence-corrected chi connectivity index (χ4v) is 12.1. The average molecular weight is 493 g/mol. The van der Waals surface area contributed by atoms with Crippen molar-refractivity contribution in [1.29, 1.82) is 0 Å². The Hall–Kier alpha value is -2.78. The number of rotatable bonds is 1. The molecule has 3 aromatic rings. The maximum absolute atomic E-state index is 6.84. The van der Waals surface area contributed by atoms with Crippen LogP contribution in [0.4, 0.5) is 17.1 Å². The second-order valence-electron chi connectivity index (χ2n) is 10.9. The van der Waals surface area contributed by atoms with E-state index in [1.807, 2.05) is 24.3 Å². The van der Waals surface area contributed by atoms with E-state index in [0.29, 0.717) is 5.69 Å². The summed E-state index contributed by atoms with van der Waals surface area (Å²) in [5.41, 5.74) is 11.2. The predicted octanol–water partition coefficient (Wildman–Crippen LogP) is 5.47. The molecule has 1 spiro atoms. The number of benzene rings is 3. The quantitative estimate of drug-likeness (QED) is 0.310. The normalized spacial score (nSPS) is 18.9. The van der Waals surface area contributed by atoms with Crippen LogP contribution in [0.1, 0.15) is 52.7 Å². The Kier molecular flexibility index (Phi) is 4.21. The zero-order valence-corrected chi connectivity index (χ0v) is 21.5. The van der Waals surface area contributed by atoms with Gasteiger partial charge in [-0.3, -0.25) is 0 Å². The third-order valence-electron chi connectivity index (χ3n) is 6.25. The molecule has 32 heavy (non-hydrogen) atoms. The zero-order valence-electron chi connectivity index (χ0n) is 19.6. The molecule has 168 valence electrons. The molecular formula is C26H32AsN3O2. The van der Waals surface area contributed by atoms with Crippen LogP contribution in [0.15, 0.2) is 60.7 Å². The Bertz CT molecular complexity index is 1150. The van der Waals surface area contributed by atoms with Crippen LogP contribution in [0.25, 0.3) is 0 Å². The number of nitrogen functional groups attached to an aromatic ring is 1. The van der Waals surface area contributed by atoms with Crippen molar-refractivity contribution in [2.45, 2.75) is 52.4 Å².